The fourth-order valence-corrected chi connectivity index (χ4v) is 5.77. The van der Waals surface area contributed by atoms with Crippen LogP contribution in [0.3, 0.4) is 0 Å². The normalized spacial score (nSPS) is 17.1. The van der Waals surface area contributed by atoms with Gasteiger partial charge >= 0.3 is 0 Å². The van der Waals surface area contributed by atoms with Gasteiger partial charge in [-0.3, -0.25) is 4.90 Å². The van der Waals surface area contributed by atoms with Crippen LogP contribution < -0.4 is 20.9 Å². The van der Waals surface area contributed by atoms with Crippen molar-refractivity contribution in [2.75, 3.05) is 73.7 Å². The van der Waals surface area contributed by atoms with Gasteiger partial charge in [-0.1, -0.05) is 37.6 Å². The number of aryl methyl sites for hydroxylation is 1. The van der Waals surface area contributed by atoms with Crippen molar-refractivity contribution in [2.24, 2.45) is 0 Å². The molecule has 0 atom stereocenters. The third-order valence-corrected chi connectivity index (χ3v) is 8.37. The molecule has 2 fully saturated rings. The Balaban J connectivity index is 1.25. The van der Waals surface area contributed by atoms with Crippen LogP contribution in [-0.4, -0.2) is 78.7 Å². The zero-order chi connectivity index (χ0) is 27.9. The molecule has 0 saturated carbocycles. The van der Waals surface area contributed by atoms with Crippen molar-refractivity contribution in [3.8, 4) is 0 Å². The second-order valence-electron chi connectivity index (χ2n) is 10.9. The third-order valence-electron chi connectivity index (χ3n) is 8.09. The summed E-state index contributed by atoms with van der Waals surface area (Å²) in [4.78, 5) is 16.9. The molecule has 5 rings (SSSR count). The Bertz CT molecular complexity index is 1250. The number of rotatable bonds is 10. The van der Waals surface area contributed by atoms with Gasteiger partial charge in [0.1, 0.15) is 5.02 Å². The number of hydrogen-bond donors (Lipinski definition) is 3. The van der Waals surface area contributed by atoms with Crippen LogP contribution >= 0.6 is 11.6 Å². The van der Waals surface area contributed by atoms with Crippen LogP contribution in [0.4, 0.5) is 34.5 Å². The summed E-state index contributed by atoms with van der Waals surface area (Å²) in [6.45, 7) is 12.2. The maximum absolute atomic E-state index is 6.49. The molecule has 2 aliphatic rings. The van der Waals surface area contributed by atoms with Gasteiger partial charge in [0.05, 0.1) is 17.6 Å². The van der Waals surface area contributed by atoms with Gasteiger partial charge in [0.25, 0.3) is 0 Å². The van der Waals surface area contributed by atoms with Gasteiger partial charge in [0.15, 0.2) is 5.82 Å². The molecule has 2 aliphatic heterocycles. The van der Waals surface area contributed by atoms with E-state index in [9.17, 15) is 0 Å². The lowest BCUT2D eigenvalue weighted by molar-refractivity contribution is 0.0982. The molecule has 1 aromatic heterocycles. The van der Waals surface area contributed by atoms with Crippen molar-refractivity contribution in [1.82, 2.24) is 19.8 Å². The van der Waals surface area contributed by atoms with Crippen LogP contribution in [0.5, 0.6) is 0 Å². The molecule has 0 unspecified atom stereocenters. The van der Waals surface area contributed by atoms with Crippen LogP contribution in [0.15, 0.2) is 48.7 Å². The molecule has 0 radical (unpaired) electrons. The topological polar surface area (TPSA) is 71.6 Å². The molecule has 3 aromatic rings. The van der Waals surface area contributed by atoms with Gasteiger partial charge in [-0.05, 0) is 68.6 Å². The van der Waals surface area contributed by atoms with Crippen LogP contribution in [0.2, 0.25) is 5.02 Å². The highest BCUT2D eigenvalue weighted by Gasteiger charge is 2.27. The molecule has 2 aromatic carbocycles. The molecule has 0 aliphatic carbocycles. The highest BCUT2D eigenvalue weighted by molar-refractivity contribution is 6.33. The maximum Gasteiger partial charge on any atom is 0.229 e. The lowest BCUT2D eigenvalue weighted by atomic mass is 10.0. The van der Waals surface area contributed by atoms with Crippen LogP contribution in [0, 0.1) is 0 Å². The first kappa shape index (κ1) is 28.5. The van der Waals surface area contributed by atoms with Gasteiger partial charge in [-0.15, -0.1) is 0 Å². The van der Waals surface area contributed by atoms with Crippen molar-refractivity contribution in [3.05, 3.63) is 59.2 Å². The minimum atomic E-state index is 0.474. The number of nitrogens with zero attached hydrogens (tertiary/aromatic N) is 5. The Labute approximate surface area is 244 Å². The first-order valence-electron chi connectivity index (χ1n) is 14.7. The number of likely N-dealkylation sites (N-methyl/N-ethyl adjacent to an activating group) is 1. The zero-order valence-corrected chi connectivity index (χ0v) is 24.8. The smallest absolute Gasteiger partial charge is 0.229 e. The fraction of sp³-hybridized carbons (Fsp3) is 0.484. The molecule has 40 heavy (non-hydrogen) atoms. The summed E-state index contributed by atoms with van der Waals surface area (Å²) in [6.07, 6.45) is 6.08. The van der Waals surface area contributed by atoms with Gasteiger partial charge in [-0.25, -0.2) is 4.98 Å². The van der Waals surface area contributed by atoms with Crippen molar-refractivity contribution in [3.63, 3.8) is 0 Å². The van der Waals surface area contributed by atoms with E-state index in [0.717, 1.165) is 55.6 Å². The largest absolute Gasteiger partial charge is 0.383 e. The summed E-state index contributed by atoms with van der Waals surface area (Å²) >= 11 is 6.49. The molecule has 3 heterocycles. The number of aromatic nitrogens is 2. The molecule has 0 bridgehead atoms. The van der Waals surface area contributed by atoms with E-state index < -0.39 is 0 Å². The lowest BCUT2D eigenvalue weighted by Crippen LogP contribution is -2.52. The van der Waals surface area contributed by atoms with Gasteiger partial charge in [0.2, 0.25) is 5.95 Å². The van der Waals surface area contributed by atoms with Gasteiger partial charge < -0.3 is 25.8 Å². The number of benzene rings is 2. The molecule has 214 valence electrons. The second-order valence-corrected chi connectivity index (χ2v) is 11.3. The summed E-state index contributed by atoms with van der Waals surface area (Å²) in [5.74, 6) is 1.09. The molecular formula is C31H43ClN8. The Kier molecular flexibility index (Phi) is 9.62. The van der Waals surface area contributed by atoms with Crippen LogP contribution in [0.1, 0.15) is 38.7 Å². The minimum Gasteiger partial charge on any atom is -0.383 e. The molecule has 0 spiro atoms. The van der Waals surface area contributed by atoms with E-state index in [1.165, 1.54) is 50.3 Å². The number of nitrogens with one attached hydrogen (secondary N) is 3. The number of halogens is 1. The number of piperazine rings is 1. The van der Waals surface area contributed by atoms with E-state index in [1.807, 2.05) is 18.2 Å². The molecule has 0 amide bonds. The third kappa shape index (κ3) is 6.97. The Morgan fingerprint density at radius 2 is 1.65 bits per heavy atom. The zero-order valence-electron chi connectivity index (χ0n) is 24.1. The van der Waals surface area contributed by atoms with Crippen LogP contribution in [0.25, 0.3) is 0 Å². The number of hydrogen-bond acceptors (Lipinski definition) is 8. The van der Waals surface area contributed by atoms with E-state index in [0.29, 0.717) is 16.8 Å². The minimum absolute atomic E-state index is 0.474. The Morgan fingerprint density at radius 1 is 0.900 bits per heavy atom. The Hall–Kier alpha value is -3.07. The fourth-order valence-electron chi connectivity index (χ4n) is 5.64. The monoisotopic (exact) mass is 562 g/mol. The van der Waals surface area contributed by atoms with Crippen molar-refractivity contribution >= 4 is 46.1 Å². The van der Waals surface area contributed by atoms with Gasteiger partial charge in [0, 0.05) is 63.2 Å². The predicted molar refractivity (Wildman–Crippen MR) is 169 cm³/mol. The summed E-state index contributed by atoms with van der Waals surface area (Å²) in [5, 5.41) is 10.8. The van der Waals surface area contributed by atoms with Crippen LogP contribution in [-0.2, 0) is 6.42 Å². The van der Waals surface area contributed by atoms with E-state index in [4.69, 9.17) is 16.6 Å². The lowest BCUT2D eigenvalue weighted by Gasteiger charge is -2.42. The number of anilines is 6. The summed E-state index contributed by atoms with van der Waals surface area (Å²) in [7, 11) is 2.23. The summed E-state index contributed by atoms with van der Waals surface area (Å²) in [6, 6.07) is 15.5. The van der Waals surface area contributed by atoms with E-state index in [2.05, 4.69) is 80.8 Å². The van der Waals surface area contributed by atoms with Crippen molar-refractivity contribution < 1.29 is 0 Å². The number of piperidine rings is 1. The molecule has 9 heteroatoms. The highest BCUT2D eigenvalue weighted by Crippen LogP contribution is 2.31. The van der Waals surface area contributed by atoms with E-state index in [1.54, 1.807) is 6.20 Å². The average molecular weight is 563 g/mol. The Morgan fingerprint density at radius 3 is 2.38 bits per heavy atom. The predicted octanol–water partition coefficient (Wildman–Crippen LogP) is 6.22. The molecule has 3 N–H and O–H groups in total. The van der Waals surface area contributed by atoms with Crippen molar-refractivity contribution in [2.45, 2.75) is 45.6 Å². The maximum atomic E-state index is 6.49. The SMILES string of the molecule is CCCNc1ccccc1Nc1nc(Nc2ccc(N3CCC(N4CCN(C)CC4)CC3)cc2CC)ncc1Cl. The highest BCUT2D eigenvalue weighted by atomic mass is 35.5. The standard InChI is InChI=1S/C31H43ClN8/c1-4-14-33-28-8-6-7-9-29(28)35-30-26(32)22-34-31(37-30)36-27-11-10-25(21-23(27)5-2)39-15-12-24(13-16-39)40-19-17-38(3)18-20-40/h6-11,21-22,24,33H,4-5,12-20H2,1-3H3,(H2,34,35,36,37). The van der Waals surface area contributed by atoms with Gasteiger partial charge in [-0.2, -0.15) is 4.98 Å². The summed E-state index contributed by atoms with van der Waals surface area (Å²) < 4.78 is 0. The van der Waals surface area contributed by atoms with E-state index in [-0.39, 0.29) is 0 Å². The first-order valence-corrected chi connectivity index (χ1v) is 15.1. The molecule has 2 saturated heterocycles. The van der Waals surface area contributed by atoms with E-state index >= 15 is 0 Å². The summed E-state index contributed by atoms with van der Waals surface area (Å²) in [5.41, 5.74) is 5.52. The second kappa shape index (κ2) is 13.5. The average Bonchev–Trinajstić information content (AvgIpc) is 2.99. The van der Waals surface area contributed by atoms with Crippen molar-refractivity contribution in [1.29, 1.82) is 0 Å². The first-order chi connectivity index (χ1) is 19.5. The molecular weight excluding hydrogens is 520 g/mol. The quantitative estimate of drug-likeness (QED) is 0.269. The molecule has 8 nitrogen and oxygen atoms in total. The number of para-hydroxylation sites is 2.